The van der Waals surface area contributed by atoms with Gasteiger partial charge in [-0.3, -0.25) is 9.63 Å². The van der Waals surface area contributed by atoms with Crippen molar-refractivity contribution in [1.29, 1.82) is 0 Å². The Labute approximate surface area is 103 Å². The monoisotopic (exact) mass is 234 g/mol. The van der Waals surface area contributed by atoms with Crippen LogP contribution in [0.4, 0.5) is 0 Å². The zero-order chi connectivity index (χ0) is 12.3. The average molecular weight is 234 g/mol. The van der Waals surface area contributed by atoms with E-state index in [2.05, 4.69) is 6.92 Å². The van der Waals surface area contributed by atoms with Crippen LogP contribution in [0.2, 0.25) is 0 Å². The van der Waals surface area contributed by atoms with Crippen molar-refractivity contribution in [2.75, 3.05) is 6.54 Å². The van der Waals surface area contributed by atoms with Gasteiger partial charge in [-0.25, -0.2) is 5.06 Å². The minimum Gasteiger partial charge on any atom is -0.276 e. The predicted molar refractivity (Wildman–Crippen MR) is 67.8 cm³/mol. The molecule has 3 nitrogen and oxygen atoms in total. The van der Waals surface area contributed by atoms with Gasteiger partial charge in [0.1, 0.15) is 6.61 Å². The smallest absolute Gasteiger partial charge is 0.233 e. The van der Waals surface area contributed by atoms with Crippen molar-refractivity contribution in [3.05, 3.63) is 42.8 Å². The number of benzene rings is 1. The van der Waals surface area contributed by atoms with E-state index >= 15 is 0 Å². The van der Waals surface area contributed by atoms with Crippen LogP contribution in [0.3, 0.4) is 0 Å². The predicted octanol–water partition coefficient (Wildman–Crippen LogP) is 2.97. The van der Waals surface area contributed by atoms with Crippen molar-refractivity contribution in [1.82, 2.24) is 5.06 Å². The number of rotatable bonds is 9. The van der Waals surface area contributed by atoms with E-state index in [0.29, 0.717) is 13.2 Å². The van der Waals surface area contributed by atoms with Gasteiger partial charge in [-0.15, -0.1) is 0 Å². The molecule has 0 atom stereocenters. The van der Waals surface area contributed by atoms with Gasteiger partial charge in [-0.2, -0.15) is 0 Å². The Bertz CT molecular complexity index is 300. The number of hydrogen-bond acceptors (Lipinski definition) is 2. The fourth-order valence-corrected chi connectivity index (χ4v) is 1.50. The van der Waals surface area contributed by atoms with Crippen LogP contribution in [-0.4, -0.2) is 18.0 Å². The van der Waals surface area contributed by atoms with Crippen LogP contribution in [0.5, 0.6) is 0 Å². The molecule has 0 unspecified atom stereocenters. The van der Waals surface area contributed by atoms with Crippen molar-refractivity contribution >= 4 is 6.41 Å². The molecule has 1 aromatic rings. The highest BCUT2D eigenvalue weighted by molar-refractivity contribution is 5.44. The Morgan fingerprint density at radius 1 is 1.18 bits per heavy atom. The molecule has 3 heteroatoms. The Kier molecular flexibility index (Phi) is 7.07. The molecule has 0 aromatic heterocycles. The van der Waals surface area contributed by atoms with E-state index < -0.39 is 0 Å². The lowest BCUT2D eigenvalue weighted by Gasteiger charge is -2.16. The zero-order valence-corrected chi connectivity index (χ0v) is 10.2. The van der Waals surface area contributed by atoms with E-state index in [9.17, 15) is 4.79 Å². The highest BCUT2D eigenvalue weighted by Gasteiger charge is 2.02. The molecule has 93 valence electrons. The topological polar surface area (TPSA) is 29.5 Å². The second kappa shape index (κ2) is 8.76. The lowest BCUT2D eigenvalue weighted by Crippen LogP contribution is -2.23. The first-order valence-electron chi connectivity index (χ1n) is 6.05. The number of hydroxylamine groups is 2. The third kappa shape index (κ3) is 6.07. The largest absolute Gasteiger partial charge is 0.276 e. The first-order valence-corrected chi connectivity index (χ1v) is 6.05. The summed E-state index contributed by atoms with van der Waals surface area (Å²) in [5.74, 6) is 0. The fraction of sp³-hybridized carbons (Fsp3) is 0.429. The summed E-state index contributed by atoms with van der Waals surface area (Å²) in [7, 11) is 0. The molecule has 0 aliphatic heterocycles. The van der Waals surface area contributed by atoms with Crippen molar-refractivity contribution in [3.63, 3.8) is 0 Å². The number of carbonyl (C=O) groups is 1. The molecule has 0 bridgehead atoms. The molecule has 0 spiro atoms. The van der Waals surface area contributed by atoms with Gasteiger partial charge in [0, 0.05) is 6.54 Å². The van der Waals surface area contributed by atoms with Gasteiger partial charge in [0.25, 0.3) is 0 Å². The third-order valence-electron chi connectivity index (χ3n) is 2.49. The van der Waals surface area contributed by atoms with Gasteiger partial charge in [-0.05, 0) is 12.0 Å². The van der Waals surface area contributed by atoms with Gasteiger partial charge in [0.2, 0.25) is 6.41 Å². The number of unbranched alkanes of at least 4 members (excludes halogenated alkanes) is 3. The van der Waals surface area contributed by atoms with E-state index in [1.807, 2.05) is 30.3 Å². The van der Waals surface area contributed by atoms with Crippen LogP contribution in [0.15, 0.2) is 30.3 Å². The summed E-state index contributed by atoms with van der Waals surface area (Å²) in [5.41, 5.74) is 1.07. The van der Waals surface area contributed by atoms with Crippen LogP contribution >= 0.6 is 0 Å². The van der Waals surface area contributed by atoms with Crippen LogP contribution in [0, 0.1) is 6.92 Å². The van der Waals surface area contributed by atoms with E-state index in [1.165, 1.54) is 5.06 Å². The Hall–Kier alpha value is -1.35. The van der Waals surface area contributed by atoms with E-state index in [-0.39, 0.29) is 0 Å². The molecule has 0 aliphatic carbocycles. The van der Waals surface area contributed by atoms with Gasteiger partial charge in [0.05, 0.1) is 0 Å². The molecular formula is C14H20NO2. The van der Waals surface area contributed by atoms with Gasteiger partial charge in [-0.1, -0.05) is 56.5 Å². The Balaban J connectivity index is 2.20. The van der Waals surface area contributed by atoms with Crippen molar-refractivity contribution in [3.8, 4) is 0 Å². The summed E-state index contributed by atoms with van der Waals surface area (Å²) in [4.78, 5) is 16.2. The number of hydrogen-bond donors (Lipinski definition) is 0. The Morgan fingerprint density at radius 2 is 1.94 bits per heavy atom. The summed E-state index contributed by atoms with van der Waals surface area (Å²) in [5, 5.41) is 1.37. The molecular weight excluding hydrogens is 214 g/mol. The first kappa shape index (κ1) is 13.7. The molecule has 1 amide bonds. The standard InChI is InChI=1S/C14H20NO2/c1-2-3-4-8-11-15(13-16)17-12-14-9-6-5-7-10-14/h5-7,9-10,13H,1-4,8,11-12H2. The van der Waals surface area contributed by atoms with Crippen LogP contribution in [0.25, 0.3) is 0 Å². The summed E-state index contributed by atoms with van der Waals surface area (Å²) in [6, 6.07) is 9.83. The molecule has 1 rings (SSSR count). The lowest BCUT2D eigenvalue weighted by atomic mass is 10.2. The molecule has 0 saturated carbocycles. The molecule has 0 fully saturated rings. The van der Waals surface area contributed by atoms with Crippen molar-refractivity contribution < 1.29 is 9.63 Å². The maximum absolute atomic E-state index is 10.8. The highest BCUT2D eigenvalue weighted by Crippen LogP contribution is 2.04. The maximum atomic E-state index is 10.8. The zero-order valence-electron chi connectivity index (χ0n) is 10.2. The van der Waals surface area contributed by atoms with E-state index in [0.717, 1.165) is 37.7 Å². The minimum atomic E-state index is 0.439. The SMILES string of the molecule is [CH2]CCCCCN(C=O)OCc1ccccc1. The summed E-state index contributed by atoms with van der Waals surface area (Å²) >= 11 is 0. The van der Waals surface area contributed by atoms with Crippen molar-refractivity contribution in [2.45, 2.75) is 32.3 Å². The minimum absolute atomic E-state index is 0.439. The maximum Gasteiger partial charge on any atom is 0.233 e. The Morgan fingerprint density at radius 3 is 2.59 bits per heavy atom. The number of amides is 1. The van der Waals surface area contributed by atoms with Gasteiger partial charge in [0.15, 0.2) is 0 Å². The molecule has 0 N–H and O–H groups in total. The quantitative estimate of drug-likeness (QED) is 0.373. The molecule has 0 aliphatic rings. The van der Waals surface area contributed by atoms with Crippen LogP contribution in [-0.2, 0) is 16.2 Å². The average Bonchev–Trinajstić information content (AvgIpc) is 2.39. The number of nitrogens with zero attached hydrogens (tertiary/aromatic N) is 1. The van der Waals surface area contributed by atoms with E-state index in [1.54, 1.807) is 0 Å². The fourth-order valence-electron chi connectivity index (χ4n) is 1.50. The first-order chi connectivity index (χ1) is 8.36. The molecule has 17 heavy (non-hydrogen) atoms. The van der Waals surface area contributed by atoms with Crippen LogP contribution in [0.1, 0.15) is 31.2 Å². The third-order valence-corrected chi connectivity index (χ3v) is 2.49. The second-order valence-corrected chi connectivity index (χ2v) is 3.92. The summed E-state index contributed by atoms with van der Waals surface area (Å²) in [6.45, 7) is 4.87. The van der Waals surface area contributed by atoms with E-state index in [4.69, 9.17) is 4.84 Å². The molecule has 1 radical (unpaired) electrons. The lowest BCUT2D eigenvalue weighted by molar-refractivity contribution is -0.177. The number of carbonyl (C=O) groups excluding carboxylic acids is 1. The molecule has 1 aromatic carbocycles. The second-order valence-electron chi connectivity index (χ2n) is 3.92. The molecule has 0 heterocycles. The van der Waals surface area contributed by atoms with Crippen molar-refractivity contribution in [2.24, 2.45) is 0 Å². The van der Waals surface area contributed by atoms with Crippen LogP contribution < -0.4 is 0 Å². The normalized spacial score (nSPS) is 10.2. The van der Waals surface area contributed by atoms with Gasteiger partial charge < -0.3 is 0 Å². The summed E-state index contributed by atoms with van der Waals surface area (Å²) in [6.07, 6.45) is 4.84. The highest BCUT2D eigenvalue weighted by atomic mass is 16.7. The summed E-state index contributed by atoms with van der Waals surface area (Å²) < 4.78 is 0. The van der Waals surface area contributed by atoms with Gasteiger partial charge >= 0.3 is 0 Å². The molecule has 0 saturated heterocycles.